The van der Waals surface area contributed by atoms with Crippen LogP contribution < -0.4 is 5.73 Å². The van der Waals surface area contributed by atoms with Crippen molar-refractivity contribution in [2.24, 2.45) is 5.73 Å². The van der Waals surface area contributed by atoms with Gasteiger partial charge in [-0.2, -0.15) is 0 Å². The fraction of sp³-hybridized carbons (Fsp3) is 0.400. The third-order valence-electron chi connectivity index (χ3n) is 2.03. The third kappa shape index (κ3) is 3.05. The summed E-state index contributed by atoms with van der Waals surface area (Å²) in [5.41, 5.74) is 5.60. The number of rotatable bonds is 4. The van der Waals surface area contributed by atoms with Gasteiger partial charge in [-0.25, -0.2) is 8.78 Å². The lowest BCUT2D eigenvalue weighted by Crippen LogP contribution is -2.20. The van der Waals surface area contributed by atoms with Gasteiger partial charge in [0.1, 0.15) is 11.6 Å². The molecule has 14 heavy (non-hydrogen) atoms. The van der Waals surface area contributed by atoms with E-state index in [1.165, 1.54) is 12.1 Å². The van der Waals surface area contributed by atoms with Crippen molar-refractivity contribution in [1.29, 1.82) is 0 Å². The van der Waals surface area contributed by atoms with Crippen molar-refractivity contribution in [1.82, 2.24) is 0 Å². The Morgan fingerprint density at radius 3 is 2.64 bits per heavy atom. The van der Waals surface area contributed by atoms with Gasteiger partial charge in [0.25, 0.3) is 0 Å². The first-order valence-corrected chi connectivity index (χ1v) is 4.45. The summed E-state index contributed by atoms with van der Waals surface area (Å²) in [4.78, 5) is 0. The molecule has 3 N–H and O–H groups in total. The highest BCUT2D eigenvalue weighted by molar-refractivity contribution is 5.18. The molecule has 4 heteroatoms. The molecule has 0 spiro atoms. The van der Waals surface area contributed by atoms with E-state index < -0.39 is 17.7 Å². The molecule has 1 aromatic rings. The summed E-state index contributed by atoms with van der Waals surface area (Å²) >= 11 is 0. The van der Waals surface area contributed by atoms with Crippen LogP contribution in [0.25, 0.3) is 0 Å². The van der Waals surface area contributed by atoms with E-state index >= 15 is 0 Å². The van der Waals surface area contributed by atoms with Gasteiger partial charge in [0.15, 0.2) is 0 Å². The van der Waals surface area contributed by atoms with Crippen molar-refractivity contribution in [2.45, 2.75) is 18.9 Å². The number of aryl methyl sites for hydroxylation is 1. The summed E-state index contributed by atoms with van der Waals surface area (Å²) in [5.74, 6) is -1.17. The first kappa shape index (κ1) is 11.1. The Morgan fingerprint density at radius 1 is 1.36 bits per heavy atom. The minimum atomic E-state index is -0.626. The normalized spacial score (nSPS) is 12.9. The summed E-state index contributed by atoms with van der Waals surface area (Å²) in [5, 5.41) is 9.14. The topological polar surface area (TPSA) is 46.2 Å². The molecule has 1 unspecified atom stereocenters. The highest BCUT2D eigenvalue weighted by Crippen LogP contribution is 2.12. The van der Waals surface area contributed by atoms with Crippen LogP contribution in [-0.4, -0.2) is 17.8 Å². The molecule has 0 aliphatic heterocycles. The molecule has 0 aliphatic rings. The zero-order valence-electron chi connectivity index (χ0n) is 7.71. The molecule has 0 aromatic heterocycles. The molecule has 0 saturated heterocycles. The first-order valence-electron chi connectivity index (χ1n) is 4.45. The number of halogens is 2. The van der Waals surface area contributed by atoms with Gasteiger partial charge < -0.3 is 10.8 Å². The summed E-state index contributed by atoms with van der Waals surface area (Å²) in [7, 11) is 0. The zero-order chi connectivity index (χ0) is 10.6. The van der Waals surface area contributed by atoms with Gasteiger partial charge in [0, 0.05) is 12.6 Å². The molecule has 0 fully saturated rings. The molecule has 2 nitrogen and oxygen atoms in total. The van der Waals surface area contributed by atoms with E-state index in [-0.39, 0.29) is 6.54 Å². The Labute approximate surface area is 81.4 Å². The van der Waals surface area contributed by atoms with Crippen LogP contribution in [0.15, 0.2) is 18.2 Å². The zero-order valence-corrected chi connectivity index (χ0v) is 7.71. The lowest BCUT2D eigenvalue weighted by Gasteiger charge is -2.07. The van der Waals surface area contributed by atoms with Gasteiger partial charge in [-0.1, -0.05) is 6.07 Å². The maximum absolute atomic E-state index is 13.1. The lowest BCUT2D eigenvalue weighted by molar-refractivity contribution is 0.173. The second kappa shape index (κ2) is 5.02. The largest absolute Gasteiger partial charge is 0.392 e. The summed E-state index contributed by atoms with van der Waals surface area (Å²) < 4.78 is 25.6. The van der Waals surface area contributed by atoms with Crippen molar-refractivity contribution in [3.63, 3.8) is 0 Å². The number of hydrogen-bond acceptors (Lipinski definition) is 2. The van der Waals surface area contributed by atoms with E-state index in [4.69, 9.17) is 10.8 Å². The Morgan fingerprint density at radius 2 is 2.07 bits per heavy atom. The Kier molecular flexibility index (Phi) is 3.98. The smallest absolute Gasteiger partial charge is 0.129 e. The average Bonchev–Trinajstić information content (AvgIpc) is 2.16. The van der Waals surface area contributed by atoms with Gasteiger partial charge >= 0.3 is 0 Å². The Bertz CT molecular complexity index is 304. The van der Waals surface area contributed by atoms with Crippen LogP contribution in [0.2, 0.25) is 0 Å². The van der Waals surface area contributed by atoms with Crippen LogP contribution >= 0.6 is 0 Å². The molecule has 0 saturated carbocycles. The van der Waals surface area contributed by atoms with E-state index in [0.29, 0.717) is 18.4 Å². The van der Waals surface area contributed by atoms with Crippen molar-refractivity contribution >= 4 is 0 Å². The van der Waals surface area contributed by atoms with Crippen molar-refractivity contribution in [2.75, 3.05) is 6.54 Å². The second-order valence-electron chi connectivity index (χ2n) is 3.16. The SMILES string of the molecule is NCC(O)CCc1ccc(F)cc1F. The van der Waals surface area contributed by atoms with E-state index in [1.54, 1.807) is 0 Å². The third-order valence-corrected chi connectivity index (χ3v) is 2.03. The minimum absolute atomic E-state index is 0.156. The number of benzene rings is 1. The summed E-state index contributed by atoms with van der Waals surface area (Å²) in [6, 6.07) is 3.42. The maximum Gasteiger partial charge on any atom is 0.129 e. The Hall–Kier alpha value is -1.00. The molecule has 78 valence electrons. The van der Waals surface area contributed by atoms with E-state index in [0.717, 1.165) is 6.07 Å². The molecular weight excluding hydrogens is 188 g/mol. The molecule has 1 rings (SSSR count). The molecule has 1 atom stereocenters. The Balaban J connectivity index is 2.59. The molecule has 0 bridgehead atoms. The van der Waals surface area contributed by atoms with E-state index in [1.807, 2.05) is 0 Å². The van der Waals surface area contributed by atoms with E-state index in [2.05, 4.69) is 0 Å². The quantitative estimate of drug-likeness (QED) is 0.769. The van der Waals surface area contributed by atoms with Gasteiger partial charge in [-0.3, -0.25) is 0 Å². The highest BCUT2D eigenvalue weighted by atomic mass is 19.1. The van der Waals surface area contributed by atoms with Crippen LogP contribution in [0.1, 0.15) is 12.0 Å². The van der Waals surface area contributed by atoms with Gasteiger partial charge in [-0.05, 0) is 24.5 Å². The second-order valence-corrected chi connectivity index (χ2v) is 3.16. The number of nitrogens with two attached hydrogens (primary N) is 1. The summed E-state index contributed by atoms with van der Waals surface area (Å²) in [6.45, 7) is 0.156. The van der Waals surface area contributed by atoms with Crippen LogP contribution in [0.5, 0.6) is 0 Å². The van der Waals surface area contributed by atoms with Gasteiger partial charge in [0.2, 0.25) is 0 Å². The molecule has 0 heterocycles. The van der Waals surface area contributed by atoms with Crippen molar-refractivity contribution < 1.29 is 13.9 Å². The molecule has 0 radical (unpaired) electrons. The first-order chi connectivity index (χ1) is 6.63. The number of hydrogen-bond donors (Lipinski definition) is 2. The summed E-state index contributed by atoms with van der Waals surface area (Å²) in [6.07, 6.45) is 0.128. The van der Waals surface area contributed by atoms with E-state index in [9.17, 15) is 8.78 Å². The van der Waals surface area contributed by atoms with Gasteiger partial charge in [-0.15, -0.1) is 0 Å². The monoisotopic (exact) mass is 201 g/mol. The molecule has 0 amide bonds. The van der Waals surface area contributed by atoms with Crippen molar-refractivity contribution in [3.8, 4) is 0 Å². The predicted molar refractivity (Wildman–Crippen MR) is 49.7 cm³/mol. The molecule has 0 aliphatic carbocycles. The minimum Gasteiger partial charge on any atom is -0.392 e. The van der Waals surface area contributed by atoms with Gasteiger partial charge in [0.05, 0.1) is 6.10 Å². The van der Waals surface area contributed by atoms with Crippen LogP contribution in [0, 0.1) is 11.6 Å². The predicted octanol–water partition coefficient (Wildman–Crippen LogP) is 1.22. The highest BCUT2D eigenvalue weighted by Gasteiger charge is 2.06. The molecular formula is C10H13F2NO. The van der Waals surface area contributed by atoms with Crippen LogP contribution in [-0.2, 0) is 6.42 Å². The number of aliphatic hydroxyl groups is 1. The van der Waals surface area contributed by atoms with Crippen LogP contribution in [0.4, 0.5) is 8.78 Å². The fourth-order valence-electron chi connectivity index (χ4n) is 1.16. The standard InChI is InChI=1S/C10H13F2NO/c11-8-3-1-7(10(12)5-8)2-4-9(14)6-13/h1,3,5,9,14H,2,4,6,13H2. The number of aliphatic hydroxyl groups excluding tert-OH is 1. The fourth-order valence-corrected chi connectivity index (χ4v) is 1.16. The molecule has 1 aromatic carbocycles. The lowest BCUT2D eigenvalue weighted by atomic mass is 10.1. The average molecular weight is 201 g/mol. The maximum atomic E-state index is 13.1. The van der Waals surface area contributed by atoms with Crippen molar-refractivity contribution in [3.05, 3.63) is 35.4 Å². The van der Waals surface area contributed by atoms with Crippen LogP contribution in [0.3, 0.4) is 0 Å².